The molecular formula is C13H20. The van der Waals surface area contributed by atoms with Crippen LogP contribution >= 0.6 is 0 Å². The van der Waals surface area contributed by atoms with Gasteiger partial charge >= 0.3 is 0 Å². The Bertz CT molecular complexity index is 238. The Balaban J connectivity index is 2.50. The van der Waals surface area contributed by atoms with Crippen molar-refractivity contribution in [2.24, 2.45) is 5.41 Å². The van der Waals surface area contributed by atoms with Crippen LogP contribution in [0, 0.1) is 17.3 Å². The summed E-state index contributed by atoms with van der Waals surface area (Å²) >= 11 is 0. The Morgan fingerprint density at radius 2 is 2.23 bits per heavy atom. The summed E-state index contributed by atoms with van der Waals surface area (Å²) in [6.07, 6.45) is 7.49. The summed E-state index contributed by atoms with van der Waals surface area (Å²) in [7, 11) is 0. The van der Waals surface area contributed by atoms with E-state index >= 15 is 0 Å². The van der Waals surface area contributed by atoms with E-state index in [0.29, 0.717) is 5.41 Å². The van der Waals surface area contributed by atoms with E-state index in [-0.39, 0.29) is 0 Å². The van der Waals surface area contributed by atoms with Crippen LogP contribution in [0.3, 0.4) is 0 Å². The van der Waals surface area contributed by atoms with Crippen molar-refractivity contribution in [1.29, 1.82) is 0 Å². The van der Waals surface area contributed by atoms with Gasteiger partial charge in [-0.25, -0.2) is 0 Å². The van der Waals surface area contributed by atoms with Gasteiger partial charge in [-0.3, -0.25) is 0 Å². The molecule has 0 saturated heterocycles. The lowest BCUT2D eigenvalue weighted by Crippen LogP contribution is -2.22. The Labute approximate surface area is 82.4 Å². The van der Waals surface area contributed by atoms with Crippen molar-refractivity contribution in [3.8, 4) is 11.8 Å². The first-order chi connectivity index (χ1) is 6.19. The van der Waals surface area contributed by atoms with Gasteiger partial charge < -0.3 is 0 Å². The first-order valence-electron chi connectivity index (χ1n) is 5.27. The number of rotatable bonds is 2. The van der Waals surface area contributed by atoms with Gasteiger partial charge in [0, 0.05) is 6.42 Å². The molecule has 0 heterocycles. The van der Waals surface area contributed by atoms with Crippen molar-refractivity contribution in [2.45, 2.75) is 52.4 Å². The lowest BCUT2D eigenvalue weighted by atomic mass is 9.70. The van der Waals surface area contributed by atoms with E-state index in [9.17, 15) is 0 Å². The first kappa shape index (κ1) is 10.4. The number of hydrogen-bond donors (Lipinski definition) is 0. The second kappa shape index (κ2) is 4.51. The highest BCUT2D eigenvalue weighted by Gasteiger charge is 2.29. The molecular weight excluding hydrogens is 156 g/mol. The molecule has 1 aliphatic carbocycles. The summed E-state index contributed by atoms with van der Waals surface area (Å²) in [5.74, 6) is 6.11. The van der Waals surface area contributed by atoms with Crippen LogP contribution in [0.15, 0.2) is 12.2 Å². The highest BCUT2D eigenvalue weighted by molar-refractivity contribution is 5.12. The van der Waals surface area contributed by atoms with Crippen LogP contribution < -0.4 is 0 Å². The molecule has 72 valence electrons. The van der Waals surface area contributed by atoms with E-state index in [1.807, 2.05) is 6.92 Å². The lowest BCUT2D eigenvalue weighted by molar-refractivity contribution is 0.286. The average molecular weight is 176 g/mol. The number of allylic oxidation sites excluding steroid dienone is 1. The van der Waals surface area contributed by atoms with E-state index in [0.717, 1.165) is 6.42 Å². The van der Waals surface area contributed by atoms with Gasteiger partial charge in [-0.15, -0.1) is 11.8 Å². The molecule has 1 atom stereocenters. The third kappa shape index (κ3) is 2.62. The fourth-order valence-corrected chi connectivity index (χ4v) is 2.10. The van der Waals surface area contributed by atoms with E-state index in [1.54, 1.807) is 0 Å². The van der Waals surface area contributed by atoms with Crippen LogP contribution in [0.1, 0.15) is 52.4 Å². The molecule has 0 amide bonds. The maximum atomic E-state index is 4.20. The van der Waals surface area contributed by atoms with Gasteiger partial charge in [0.25, 0.3) is 0 Å². The van der Waals surface area contributed by atoms with Gasteiger partial charge in [-0.05, 0) is 38.0 Å². The van der Waals surface area contributed by atoms with Crippen LogP contribution in [-0.4, -0.2) is 0 Å². The maximum Gasteiger partial charge on any atom is 0.00968 e. The fraction of sp³-hybridized carbons (Fsp3) is 0.692. The van der Waals surface area contributed by atoms with E-state index in [2.05, 4.69) is 25.3 Å². The molecule has 0 unspecified atom stereocenters. The molecule has 0 aromatic heterocycles. The summed E-state index contributed by atoms with van der Waals surface area (Å²) in [6.45, 7) is 8.47. The molecule has 0 aromatic carbocycles. The molecule has 0 bridgehead atoms. The SMILES string of the molecule is C=C1CCCC[C@]1(C)CCC#CC. The van der Waals surface area contributed by atoms with Crippen molar-refractivity contribution < 1.29 is 0 Å². The molecule has 0 aromatic rings. The highest BCUT2D eigenvalue weighted by atomic mass is 14.3. The minimum Gasteiger partial charge on any atom is -0.107 e. The summed E-state index contributed by atoms with van der Waals surface area (Å²) in [5, 5.41) is 0. The number of hydrogen-bond acceptors (Lipinski definition) is 0. The minimum atomic E-state index is 0.391. The molecule has 0 nitrogen and oxygen atoms in total. The lowest BCUT2D eigenvalue weighted by Gasteiger charge is -2.35. The van der Waals surface area contributed by atoms with Crippen molar-refractivity contribution in [2.75, 3.05) is 0 Å². The monoisotopic (exact) mass is 176 g/mol. The van der Waals surface area contributed by atoms with Gasteiger partial charge in [0.15, 0.2) is 0 Å². The summed E-state index contributed by atoms with van der Waals surface area (Å²) < 4.78 is 0. The van der Waals surface area contributed by atoms with Crippen molar-refractivity contribution in [3.05, 3.63) is 12.2 Å². The summed E-state index contributed by atoms with van der Waals surface area (Å²) in [6, 6.07) is 0. The fourth-order valence-electron chi connectivity index (χ4n) is 2.10. The predicted molar refractivity (Wildman–Crippen MR) is 58.4 cm³/mol. The summed E-state index contributed by atoms with van der Waals surface area (Å²) in [5.41, 5.74) is 1.85. The van der Waals surface area contributed by atoms with Gasteiger partial charge in [-0.1, -0.05) is 25.5 Å². The molecule has 1 rings (SSSR count). The van der Waals surface area contributed by atoms with Crippen molar-refractivity contribution in [3.63, 3.8) is 0 Å². The maximum absolute atomic E-state index is 4.20. The molecule has 1 saturated carbocycles. The van der Waals surface area contributed by atoms with E-state index in [1.165, 1.54) is 37.7 Å². The van der Waals surface area contributed by atoms with Gasteiger partial charge in [0.05, 0.1) is 0 Å². The normalized spacial score (nSPS) is 28.0. The van der Waals surface area contributed by atoms with Crippen LogP contribution in [-0.2, 0) is 0 Å². The van der Waals surface area contributed by atoms with Crippen molar-refractivity contribution in [1.82, 2.24) is 0 Å². The Kier molecular flexibility index (Phi) is 3.60. The zero-order valence-electron chi connectivity index (χ0n) is 8.95. The molecule has 0 spiro atoms. The molecule has 0 N–H and O–H groups in total. The Hall–Kier alpha value is -0.700. The molecule has 1 fully saturated rings. The van der Waals surface area contributed by atoms with Gasteiger partial charge in [0.2, 0.25) is 0 Å². The Morgan fingerprint density at radius 1 is 1.46 bits per heavy atom. The second-order valence-electron chi connectivity index (χ2n) is 4.30. The van der Waals surface area contributed by atoms with Crippen LogP contribution in [0.4, 0.5) is 0 Å². The minimum absolute atomic E-state index is 0.391. The average Bonchev–Trinajstić information content (AvgIpc) is 2.11. The standard InChI is InChI=1S/C13H20/c1-4-5-7-10-13(3)11-8-6-9-12(13)2/h2,6-11H2,1,3H3/t13-/m0/s1. The van der Waals surface area contributed by atoms with Crippen LogP contribution in [0.25, 0.3) is 0 Å². The summed E-state index contributed by atoms with van der Waals surface area (Å²) in [4.78, 5) is 0. The zero-order valence-corrected chi connectivity index (χ0v) is 8.95. The zero-order chi connectivity index (χ0) is 9.73. The molecule has 0 heteroatoms. The first-order valence-corrected chi connectivity index (χ1v) is 5.27. The Morgan fingerprint density at radius 3 is 2.85 bits per heavy atom. The van der Waals surface area contributed by atoms with E-state index in [4.69, 9.17) is 0 Å². The third-order valence-corrected chi connectivity index (χ3v) is 3.29. The van der Waals surface area contributed by atoms with Crippen LogP contribution in [0.2, 0.25) is 0 Å². The molecule has 1 aliphatic rings. The molecule has 0 radical (unpaired) electrons. The van der Waals surface area contributed by atoms with Gasteiger partial charge in [0.1, 0.15) is 0 Å². The molecule has 0 aliphatic heterocycles. The van der Waals surface area contributed by atoms with Crippen molar-refractivity contribution >= 4 is 0 Å². The van der Waals surface area contributed by atoms with E-state index < -0.39 is 0 Å². The predicted octanol–water partition coefficient (Wildman–Crippen LogP) is 3.93. The topological polar surface area (TPSA) is 0 Å². The molecule has 13 heavy (non-hydrogen) atoms. The highest BCUT2D eigenvalue weighted by Crippen LogP contribution is 2.42. The quantitative estimate of drug-likeness (QED) is 0.442. The smallest absolute Gasteiger partial charge is 0.00968 e. The third-order valence-electron chi connectivity index (χ3n) is 3.29. The largest absolute Gasteiger partial charge is 0.107 e. The van der Waals surface area contributed by atoms with Crippen LogP contribution in [0.5, 0.6) is 0 Å². The second-order valence-corrected chi connectivity index (χ2v) is 4.30. The van der Waals surface area contributed by atoms with Gasteiger partial charge in [-0.2, -0.15) is 0 Å².